The molecule has 0 spiro atoms. The maximum atomic E-state index is 12.8. The van der Waals surface area contributed by atoms with Gasteiger partial charge in [-0.25, -0.2) is 0 Å². The number of nitrogens with zero attached hydrogens (tertiary/aromatic N) is 3. The first-order valence-electron chi connectivity index (χ1n) is 9.36. The van der Waals surface area contributed by atoms with Crippen molar-refractivity contribution in [3.63, 3.8) is 0 Å². The van der Waals surface area contributed by atoms with Gasteiger partial charge in [-0.2, -0.15) is 5.10 Å². The van der Waals surface area contributed by atoms with E-state index in [1.54, 1.807) is 11.6 Å². The fourth-order valence-electron chi connectivity index (χ4n) is 3.69. The Bertz CT molecular complexity index is 962. The van der Waals surface area contributed by atoms with Gasteiger partial charge in [0.05, 0.1) is 41.1 Å². The zero-order valence-corrected chi connectivity index (χ0v) is 16.3. The molecule has 29 heavy (non-hydrogen) atoms. The molecule has 10 heteroatoms. The van der Waals surface area contributed by atoms with E-state index in [4.69, 9.17) is 10.5 Å². The molecule has 0 atom stereocenters. The van der Waals surface area contributed by atoms with Gasteiger partial charge in [-0.15, -0.1) is 0 Å². The predicted molar refractivity (Wildman–Crippen MR) is 105 cm³/mol. The summed E-state index contributed by atoms with van der Waals surface area (Å²) in [5.41, 5.74) is 6.38. The Morgan fingerprint density at radius 2 is 2.00 bits per heavy atom. The minimum atomic E-state index is -0.679. The van der Waals surface area contributed by atoms with E-state index in [0.717, 1.165) is 32.1 Å². The lowest BCUT2D eigenvalue weighted by Gasteiger charge is -2.23. The molecule has 10 nitrogen and oxygen atoms in total. The standard InChI is InChI=1S/C19H23N5O5/c1-11-16(17(18(20)25)23(22-11)12-6-4-3-5-7-12)21-19(26)14-9-8-13(24(27)28)10-15(14)29-2/h8-10,12H,3-7H2,1-2H3,(H2,20,25)(H,21,26). The fourth-order valence-corrected chi connectivity index (χ4v) is 3.69. The minimum absolute atomic E-state index is 0.0506. The molecule has 1 aliphatic rings. The van der Waals surface area contributed by atoms with E-state index in [0.29, 0.717) is 5.69 Å². The van der Waals surface area contributed by atoms with Crippen LogP contribution in [0.4, 0.5) is 11.4 Å². The Labute approximate surface area is 167 Å². The number of anilines is 1. The highest BCUT2D eigenvalue weighted by atomic mass is 16.6. The maximum Gasteiger partial charge on any atom is 0.273 e. The number of nitro groups is 1. The number of hydrogen-bond donors (Lipinski definition) is 2. The highest BCUT2D eigenvalue weighted by Crippen LogP contribution is 2.33. The van der Waals surface area contributed by atoms with Crippen molar-refractivity contribution in [2.75, 3.05) is 12.4 Å². The third kappa shape index (κ3) is 4.05. The highest BCUT2D eigenvalue weighted by molar-refractivity contribution is 6.10. The summed E-state index contributed by atoms with van der Waals surface area (Å²) in [4.78, 5) is 35.4. The number of nitrogens with one attached hydrogen (secondary N) is 1. The van der Waals surface area contributed by atoms with Gasteiger partial charge >= 0.3 is 0 Å². The van der Waals surface area contributed by atoms with Crippen molar-refractivity contribution < 1.29 is 19.2 Å². The molecule has 2 aromatic rings. The second-order valence-electron chi connectivity index (χ2n) is 7.01. The molecule has 3 rings (SSSR count). The number of carbonyl (C=O) groups is 2. The van der Waals surface area contributed by atoms with Crippen LogP contribution in [-0.4, -0.2) is 33.6 Å². The molecule has 0 saturated heterocycles. The average Bonchev–Trinajstić information content (AvgIpc) is 3.04. The number of hydrogen-bond acceptors (Lipinski definition) is 6. The SMILES string of the molecule is COc1cc([N+](=O)[O-])ccc1C(=O)Nc1c(C)nn(C2CCCCC2)c1C(N)=O. The molecule has 1 saturated carbocycles. The Morgan fingerprint density at radius 1 is 1.31 bits per heavy atom. The molecule has 3 N–H and O–H groups in total. The van der Waals surface area contributed by atoms with E-state index in [2.05, 4.69) is 10.4 Å². The van der Waals surface area contributed by atoms with Gasteiger partial charge in [-0.05, 0) is 25.8 Å². The normalized spacial score (nSPS) is 14.4. The van der Waals surface area contributed by atoms with Crippen molar-refractivity contribution in [1.29, 1.82) is 0 Å². The first-order valence-corrected chi connectivity index (χ1v) is 9.36. The van der Waals surface area contributed by atoms with Crippen LogP contribution < -0.4 is 15.8 Å². The second kappa shape index (κ2) is 8.29. The summed E-state index contributed by atoms with van der Waals surface area (Å²) >= 11 is 0. The van der Waals surface area contributed by atoms with Crippen molar-refractivity contribution >= 4 is 23.2 Å². The van der Waals surface area contributed by atoms with E-state index in [9.17, 15) is 19.7 Å². The van der Waals surface area contributed by atoms with Crippen LogP contribution >= 0.6 is 0 Å². The molecule has 0 unspecified atom stereocenters. The van der Waals surface area contributed by atoms with Crippen LogP contribution in [0.1, 0.15) is 64.7 Å². The number of aromatic nitrogens is 2. The summed E-state index contributed by atoms with van der Waals surface area (Å²) in [5.74, 6) is -1.21. The van der Waals surface area contributed by atoms with Gasteiger partial charge in [0.1, 0.15) is 11.4 Å². The largest absolute Gasteiger partial charge is 0.496 e. The molecule has 154 valence electrons. The number of primary amides is 1. The van der Waals surface area contributed by atoms with Gasteiger partial charge < -0.3 is 15.8 Å². The number of methoxy groups -OCH3 is 1. The summed E-state index contributed by atoms with van der Waals surface area (Å²) in [6, 6.07) is 3.74. The molecular weight excluding hydrogens is 378 g/mol. The monoisotopic (exact) mass is 401 g/mol. The van der Waals surface area contributed by atoms with Gasteiger partial charge in [0.25, 0.3) is 17.5 Å². The maximum absolute atomic E-state index is 12.8. The van der Waals surface area contributed by atoms with Crippen LogP contribution in [-0.2, 0) is 0 Å². The van der Waals surface area contributed by atoms with Gasteiger partial charge in [0.15, 0.2) is 0 Å². The Kier molecular flexibility index (Phi) is 5.81. The summed E-state index contributed by atoms with van der Waals surface area (Å²) < 4.78 is 6.75. The number of ether oxygens (including phenoxy) is 1. The van der Waals surface area contributed by atoms with Crippen LogP contribution in [0, 0.1) is 17.0 Å². The molecule has 1 aliphatic carbocycles. The minimum Gasteiger partial charge on any atom is -0.496 e. The van der Waals surface area contributed by atoms with E-state index < -0.39 is 16.7 Å². The number of nitrogens with two attached hydrogens (primary N) is 1. The molecule has 1 aromatic heterocycles. The summed E-state index contributed by atoms with van der Waals surface area (Å²) in [7, 11) is 1.32. The zero-order valence-electron chi connectivity index (χ0n) is 16.3. The van der Waals surface area contributed by atoms with Crippen molar-refractivity contribution in [2.24, 2.45) is 5.73 Å². The number of nitro benzene ring substituents is 1. The molecule has 1 heterocycles. The third-order valence-corrected chi connectivity index (χ3v) is 5.12. The van der Waals surface area contributed by atoms with Crippen LogP contribution in [0.25, 0.3) is 0 Å². The van der Waals surface area contributed by atoms with E-state index in [1.165, 1.54) is 25.3 Å². The van der Waals surface area contributed by atoms with Crippen LogP contribution in [0.15, 0.2) is 18.2 Å². The molecule has 0 aliphatic heterocycles. The average molecular weight is 401 g/mol. The molecule has 1 aromatic carbocycles. The van der Waals surface area contributed by atoms with Gasteiger partial charge in [-0.1, -0.05) is 19.3 Å². The van der Waals surface area contributed by atoms with E-state index in [1.807, 2.05) is 0 Å². The van der Waals surface area contributed by atoms with Crippen molar-refractivity contribution in [2.45, 2.75) is 45.1 Å². The first kappa shape index (κ1) is 20.3. The second-order valence-corrected chi connectivity index (χ2v) is 7.01. The molecular formula is C19H23N5O5. The summed E-state index contributed by atoms with van der Waals surface area (Å²) in [5, 5.41) is 18.1. The Morgan fingerprint density at radius 3 is 2.59 bits per heavy atom. The number of carbonyl (C=O) groups excluding carboxylic acids is 2. The summed E-state index contributed by atoms with van der Waals surface area (Å²) in [6.45, 7) is 1.69. The van der Waals surface area contributed by atoms with Gasteiger partial charge in [-0.3, -0.25) is 24.4 Å². The first-order chi connectivity index (χ1) is 13.8. The highest BCUT2D eigenvalue weighted by Gasteiger charge is 2.28. The lowest BCUT2D eigenvalue weighted by Crippen LogP contribution is -2.24. The van der Waals surface area contributed by atoms with Crippen molar-refractivity contribution in [3.05, 3.63) is 45.3 Å². The van der Waals surface area contributed by atoms with Gasteiger partial charge in [0.2, 0.25) is 0 Å². The molecule has 1 fully saturated rings. The number of amides is 2. The van der Waals surface area contributed by atoms with Crippen molar-refractivity contribution in [1.82, 2.24) is 9.78 Å². The van der Waals surface area contributed by atoms with E-state index >= 15 is 0 Å². The molecule has 0 bridgehead atoms. The third-order valence-electron chi connectivity index (χ3n) is 5.12. The van der Waals surface area contributed by atoms with Crippen LogP contribution in [0.3, 0.4) is 0 Å². The topological polar surface area (TPSA) is 142 Å². The van der Waals surface area contributed by atoms with Crippen LogP contribution in [0.2, 0.25) is 0 Å². The predicted octanol–water partition coefficient (Wildman–Crippen LogP) is 2.96. The van der Waals surface area contributed by atoms with Crippen molar-refractivity contribution in [3.8, 4) is 5.75 Å². The smallest absolute Gasteiger partial charge is 0.273 e. The lowest BCUT2D eigenvalue weighted by molar-refractivity contribution is -0.384. The molecule has 2 amide bonds. The number of aryl methyl sites for hydroxylation is 1. The van der Waals surface area contributed by atoms with E-state index in [-0.39, 0.29) is 34.4 Å². The quantitative estimate of drug-likeness (QED) is 0.563. The Balaban J connectivity index is 1.95. The fraction of sp³-hybridized carbons (Fsp3) is 0.421. The van der Waals surface area contributed by atoms with Crippen LogP contribution in [0.5, 0.6) is 5.75 Å². The number of non-ortho nitro benzene ring substituents is 1. The molecule has 0 radical (unpaired) electrons. The van der Waals surface area contributed by atoms with Gasteiger partial charge in [0, 0.05) is 6.07 Å². The number of benzene rings is 1. The Hall–Kier alpha value is -3.43. The lowest BCUT2D eigenvalue weighted by atomic mass is 9.95. The summed E-state index contributed by atoms with van der Waals surface area (Å²) in [6.07, 6.45) is 5.02. The zero-order chi connectivity index (χ0) is 21.1. The number of rotatable bonds is 6.